The van der Waals surface area contributed by atoms with Crippen molar-refractivity contribution in [1.82, 2.24) is 15.1 Å². The molecule has 7 heteroatoms. The molecule has 0 unspecified atom stereocenters. The standard InChI is InChI=1S/C19H23N3O4/c1-25-14-12-22(13-5-3-2-4-6-13)21-17(14)18(24)20-15-11-16(23)19(15)7-9-26-10-8-19/h2-6,12,15-16,23H,7-11H2,1H3,(H,20,24)/t15-,16-/m1/s1. The minimum absolute atomic E-state index is 0.0690. The minimum atomic E-state index is -0.388. The molecule has 26 heavy (non-hydrogen) atoms. The summed E-state index contributed by atoms with van der Waals surface area (Å²) in [7, 11) is 1.52. The molecule has 1 aliphatic heterocycles. The Balaban J connectivity index is 1.54. The van der Waals surface area contributed by atoms with Crippen LogP contribution in [0, 0.1) is 5.41 Å². The Morgan fingerprint density at radius 1 is 1.35 bits per heavy atom. The van der Waals surface area contributed by atoms with Crippen molar-refractivity contribution in [3.8, 4) is 11.4 Å². The summed E-state index contributed by atoms with van der Waals surface area (Å²) in [4.78, 5) is 12.8. The van der Waals surface area contributed by atoms with Gasteiger partial charge in [0.25, 0.3) is 5.91 Å². The van der Waals surface area contributed by atoms with Gasteiger partial charge in [0.2, 0.25) is 0 Å². The molecule has 2 aromatic rings. The van der Waals surface area contributed by atoms with Gasteiger partial charge in [0.1, 0.15) is 0 Å². The molecule has 1 saturated carbocycles. The van der Waals surface area contributed by atoms with Crippen molar-refractivity contribution in [2.24, 2.45) is 5.41 Å². The Bertz CT molecular complexity index is 783. The summed E-state index contributed by atoms with van der Waals surface area (Å²) in [5.74, 6) is 0.145. The molecule has 0 radical (unpaired) electrons. The van der Waals surface area contributed by atoms with Gasteiger partial charge in [-0.2, -0.15) is 5.10 Å². The van der Waals surface area contributed by atoms with E-state index in [2.05, 4.69) is 10.4 Å². The zero-order chi connectivity index (χ0) is 18.1. The average Bonchev–Trinajstić information content (AvgIpc) is 3.13. The fraction of sp³-hybridized carbons (Fsp3) is 0.474. The number of para-hydroxylation sites is 1. The number of aromatic nitrogens is 2. The van der Waals surface area contributed by atoms with E-state index in [-0.39, 0.29) is 29.2 Å². The highest BCUT2D eigenvalue weighted by molar-refractivity contribution is 5.95. The molecule has 1 saturated heterocycles. The molecule has 1 aromatic heterocycles. The number of benzene rings is 1. The topological polar surface area (TPSA) is 85.6 Å². The van der Waals surface area contributed by atoms with Crippen molar-refractivity contribution < 1.29 is 19.4 Å². The number of nitrogens with one attached hydrogen (secondary N) is 1. The molecule has 2 N–H and O–H groups in total. The molecule has 1 amide bonds. The van der Waals surface area contributed by atoms with Crippen LogP contribution in [0.5, 0.6) is 5.75 Å². The van der Waals surface area contributed by atoms with Crippen LogP contribution in [-0.2, 0) is 4.74 Å². The first-order valence-electron chi connectivity index (χ1n) is 8.90. The maximum absolute atomic E-state index is 12.8. The van der Waals surface area contributed by atoms with Crippen molar-refractivity contribution in [2.75, 3.05) is 20.3 Å². The Labute approximate surface area is 151 Å². The van der Waals surface area contributed by atoms with Crippen molar-refractivity contribution in [1.29, 1.82) is 0 Å². The third kappa shape index (κ3) is 2.77. The molecule has 2 aliphatic rings. The lowest BCUT2D eigenvalue weighted by Gasteiger charge is -2.55. The van der Waals surface area contributed by atoms with Crippen molar-refractivity contribution in [3.63, 3.8) is 0 Å². The van der Waals surface area contributed by atoms with E-state index in [0.29, 0.717) is 25.4 Å². The number of ether oxygens (including phenoxy) is 2. The average molecular weight is 357 g/mol. The van der Waals surface area contributed by atoms with Crippen LogP contribution in [-0.4, -0.2) is 53.3 Å². The van der Waals surface area contributed by atoms with Crippen LogP contribution < -0.4 is 10.1 Å². The predicted octanol–water partition coefficient (Wildman–Crippen LogP) is 1.54. The first-order chi connectivity index (χ1) is 12.6. The van der Waals surface area contributed by atoms with E-state index in [0.717, 1.165) is 18.5 Å². The second-order valence-electron chi connectivity index (χ2n) is 6.95. The summed E-state index contributed by atoms with van der Waals surface area (Å²) >= 11 is 0. The van der Waals surface area contributed by atoms with E-state index in [1.165, 1.54) is 7.11 Å². The number of carbonyl (C=O) groups excluding carboxylic acids is 1. The van der Waals surface area contributed by atoms with E-state index in [1.54, 1.807) is 10.9 Å². The predicted molar refractivity (Wildman–Crippen MR) is 94.5 cm³/mol. The lowest BCUT2D eigenvalue weighted by Crippen LogP contribution is -2.65. The van der Waals surface area contributed by atoms with Crippen LogP contribution in [0.25, 0.3) is 5.69 Å². The van der Waals surface area contributed by atoms with E-state index < -0.39 is 0 Å². The van der Waals surface area contributed by atoms with Gasteiger partial charge in [0.05, 0.1) is 25.1 Å². The Morgan fingerprint density at radius 2 is 2.08 bits per heavy atom. The third-order valence-electron chi connectivity index (χ3n) is 5.68. The Morgan fingerprint density at radius 3 is 2.73 bits per heavy atom. The van der Waals surface area contributed by atoms with Gasteiger partial charge in [0.15, 0.2) is 11.4 Å². The van der Waals surface area contributed by atoms with E-state index in [1.807, 2.05) is 30.3 Å². The number of amides is 1. The molecule has 0 bridgehead atoms. The number of aliphatic hydroxyl groups excluding tert-OH is 1. The zero-order valence-electron chi connectivity index (χ0n) is 14.7. The smallest absolute Gasteiger partial charge is 0.275 e. The number of hydrogen-bond donors (Lipinski definition) is 2. The fourth-order valence-corrected chi connectivity index (χ4v) is 4.00. The van der Waals surface area contributed by atoms with Crippen molar-refractivity contribution >= 4 is 5.91 Å². The van der Waals surface area contributed by atoms with Crippen LogP contribution in [0.2, 0.25) is 0 Å². The molecule has 4 rings (SSSR count). The monoisotopic (exact) mass is 357 g/mol. The molecule has 138 valence electrons. The molecule has 2 heterocycles. The second kappa shape index (κ2) is 6.74. The van der Waals surface area contributed by atoms with Gasteiger partial charge in [-0.05, 0) is 31.4 Å². The second-order valence-corrected chi connectivity index (χ2v) is 6.95. The first kappa shape index (κ1) is 17.1. The summed E-state index contributed by atoms with van der Waals surface area (Å²) in [6, 6.07) is 9.50. The highest BCUT2D eigenvalue weighted by Crippen LogP contribution is 2.49. The largest absolute Gasteiger partial charge is 0.493 e. The van der Waals surface area contributed by atoms with E-state index in [9.17, 15) is 9.90 Å². The summed E-state index contributed by atoms with van der Waals surface area (Å²) in [5.41, 5.74) is 0.827. The van der Waals surface area contributed by atoms with Crippen LogP contribution >= 0.6 is 0 Å². The number of rotatable bonds is 4. The molecule has 1 aromatic carbocycles. The first-order valence-corrected chi connectivity index (χ1v) is 8.90. The number of carbonyl (C=O) groups is 1. The fourth-order valence-electron chi connectivity index (χ4n) is 4.00. The molecule has 1 aliphatic carbocycles. The molecule has 2 fully saturated rings. The van der Waals surface area contributed by atoms with E-state index >= 15 is 0 Å². The Kier molecular flexibility index (Phi) is 4.42. The number of nitrogens with zero attached hydrogens (tertiary/aromatic N) is 2. The lowest BCUT2D eigenvalue weighted by molar-refractivity contribution is -0.145. The summed E-state index contributed by atoms with van der Waals surface area (Å²) in [5, 5.41) is 17.7. The molecule has 1 spiro atoms. The van der Waals surface area contributed by atoms with Gasteiger partial charge < -0.3 is 19.9 Å². The molecule has 7 nitrogen and oxygen atoms in total. The summed E-state index contributed by atoms with van der Waals surface area (Å²) in [6.45, 7) is 1.24. The minimum Gasteiger partial charge on any atom is -0.493 e. The van der Waals surface area contributed by atoms with Gasteiger partial charge in [-0.1, -0.05) is 18.2 Å². The highest BCUT2D eigenvalue weighted by Gasteiger charge is 2.55. The maximum Gasteiger partial charge on any atom is 0.275 e. The third-order valence-corrected chi connectivity index (χ3v) is 5.68. The quantitative estimate of drug-likeness (QED) is 0.867. The SMILES string of the molecule is COc1cn(-c2ccccc2)nc1C(=O)N[C@@H]1C[C@@H](O)C12CCOCC2. The van der Waals surface area contributed by atoms with Crippen LogP contribution in [0.4, 0.5) is 0 Å². The van der Waals surface area contributed by atoms with Gasteiger partial charge in [-0.15, -0.1) is 0 Å². The number of methoxy groups -OCH3 is 1. The highest BCUT2D eigenvalue weighted by atomic mass is 16.5. The maximum atomic E-state index is 12.8. The van der Waals surface area contributed by atoms with Crippen LogP contribution in [0.3, 0.4) is 0 Å². The molecular formula is C19H23N3O4. The Hall–Kier alpha value is -2.38. The van der Waals surface area contributed by atoms with Gasteiger partial charge in [-0.3, -0.25) is 4.79 Å². The van der Waals surface area contributed by atoms with Gasteiger partial charge in [-0.25, -0.2) is 4.68 Å². The summed E-state index contributed by atoms with van der Waals surface area (Å²) in [6.07, 6.45) is 3.39. The van der Waals surface area contributed by atoms with Crippen LogP contribution in [0.15, 0.2) is 36.5 Å². The van der Waals surface area contributed by atoms with Gasteiger partial charge in [0, 0.05) is 24.7 Å². The number of aliphatic hydroxyl groups is 1. The number of hydrogen-bond acceptors (Lipinski definition) is 5. The lowest BCUT2D eigenvalue weighted by atomic mass is 9.58. The molecular weight excluding hydrogens is 334 g/mol. The van der Waals surface area contributed by atoms with E-state index in [4.69, 9.17) is 9.47 Å². The van der Waals surface area contributed by atoms with Crippen molar-refractivity contribution in [2.45, 2.75) is 31.4 Å². The van der Waals surface area contributed by atoms with Crippen molar-refractivity contribution in [3.05, 3.63) is 42.2 Å². The normalized spacial score (nSPS) is 24.1. The summed E-state index contributed by atoms with van der Waals surface area (Å²) < 4.78 is 12.4. The van der Waals surface area contributed by atoms with Gasteiger partial charge >= 0.3 is 0 Å². The van der Waals surface area contributed by atoms with Crippen LogP contribution in [0.1, 0.15) is 29.8 Å². The molecule has 2 atom stereocenters. The zero-order valence-corrected chi connectivity index (χ0v) is 14.7.